The number of hydrogen-bond acceptors (Lipinski definition) is 5. The topological polar surface area (TPSA) is 146 Å². The summed E-state index contributed by atoms with van der Waals surface area (Å²) in [5, 5.41) is 9.02. The predicted molar refractivity (Wildman–Crippen MR) is 179 cm³/mol. The largest absolute Gasteiger partial charge is 0.366 e. The highest BCUT2D eigenvalue weighted by Crippen LogP contribution is 2.29. The van der Waals surface area contributed by atoms with E-state index in [1.165, 1.54) is 11.8 Å². The molecule has 5 rings (SSSR count). The summed E-state index contributed by atoms with van der Waals surface area (Å²) in [5.74, 6) is -1.66. The van der Waals surface area contributed by atoms with E-state index in [1.807, 2.05) is 43.3 Å². The van der Waals surface area contributed by atoms with Gasteiger partial charge in [-0.05, 0) is 73.2 Å². The number of primary amides is 1. The maximum Gasteiger partial charge on any atom is 0.272 e. The van der Waals surface area contributed by atoms with Crippen LogP contribution in [0.4, 0.5) is 11.4 Å². The van der Waals surface area contributed by atoms with Crippen LogP contribution in [-0.2, 0) is 9.59 Å². The van der Waals surface area contributed by atoms with Crippen LogP contribution in [0.25, 0.3) is 17.0 Å². The second-order valence-electron chi connectivity index (χ2n) is 10.1. The van der Waals surface area contributed by atoms with E-state index in [1.54, 1.807) is 79.0 Å². The molecular formula is C35H31N5O4S. The molecule has 0 fully saturated rings. The van der Waals surface area contributed by atoms with Gasteiger partial charge in [0, 0.05) is 50.1 Å². The molecule has 0 spiro atoms. The van der Waals surface area contributed by atoms with Gasteiger partial charge in [0.2, 0.25) is 11.8 Å². The number of fused-ring (bicyclic) bond motifs is 1. The van der Waals surface area contributed by atoms with E-state index in [4.69, 9.17) is 5.73 Å². The number of rotatable bonds is 11. The number of aromatic amines is 1. The molecule has 1 unspecified atom stereocenters. The zero-order valence-electron chi connectivity index (χ0n) is 24.4. The van der Waals surface area contributed by atoms with Crippen LogP contribution in [0.3, 0.4) is 0 Å². The van der Waals surface area contributed by atoms with Crippen molar-refractivity contribution in [3.05, 3.63) is 132 Å². The maximum atomic E-state index is 13.6. The lowest BCUT2D eigenvalue weighted by Crippen LogP contribution is -2.30. The van der Waals surface area contributed by atoms with Crippen LogP contribution < -0.4 is 21.7 Å². The fourth-order valence-electron chi connectivity index (χ4n) is 4.58. The number of aromatic nitrogens is 1. The van der Waals surface area contributed by atoms with Gasteiger partial charge in [0.05, 0.1) is 5.25 Å². The fraction of sp³-hybridized carbons (Fsp3) is 0.0857. The average Bonchev–Trinajstić information content (AvgIpc) is 3.46. The second-order valence-corrected chi connectivity index (χ2v) is 11.4. The molecule has 45 heavy (non-hydrogen) atoms. The van der Waals surface area contributed by atoms with Gasteiger partial charge in [-0.3, -0.25) is 19.2 Å². The number of nitrogens with one attached hydrogen (secondary N) is 4. The van der Waals surface area contributed by atoms with E-state index in [0.29, 0.717) is 28.9 Å². The van der Waals surface area contributed by atoms with Crippen LogP contribution in [0, 0.1) is 0 Å². The zero-order valence-corrected chi connectivity index (χ0v) is 25.2. The summed E-state index contributed by atoms with van der Waals surface area (Å²) in [6.45, 7) is 1.91. The van der Waals surface area contributed by atoms with Gasteiger partial charge in [0.15, 0.2) is 0 Å². The quantitative estimate of drug-likeness (QED) is 0.0887. The van der Waals surface area contributed by atoms with Crippen molar-refractivity contribution in [2.24, 2.45) is 5.73 Å². The van der Waals surface area contributed by atoms with E-state index < -0.39 is 23.0 Å². The summed E-state index contributed by atoms with van der Waals surface area (Å²) in [6, 6.07) is 29.9. The third kappa shape index (κ3) is 7.87. The Morgan fingerprint density at radius 1 is 0.822 bits per heavy atom. The molecule has 9 nitrogen and oxygen atoms in total. The molecule has 0 saturated carbocycles. The van der Waals surface area contributed by atoms with Crippen LogP contribution in [0.5, 0.6) is 0 Å². The summed E-state index contributed by atoms with van der Waals surface area (Å²) >= 11 is 1.36. The third-order valence-electron chi connectivity index (χ3n) is 6.92. The second kappa shape index (κ2) is 14.2. The highest BCUT2D eigenvalue weighted by atomic mass is 32.2. The van der Waals surface area contributed by atoms with Crippen molar-refractivity contribution in [1.29, 1.82) is 0 Å². The Morgan fingerprint density at radius 3 is 2.29 bits per heavy atom. The van der Waals surface area contributed by atoms with E-state index in [9.17, 15) is 19.2 Å². The van der Waals surface area contributed by atoms with Crippen molar-refractivity contribution in [3.63, 3.8) is 0 Å². The minimum absolute atomic E-state index is 0.0693. The Bertz CT molecular complexity index is 1880. The van der Waals surface area contributed by atoms with Crippen LogP contribution in [0.2, 0.25) is 0 Å². The molecule has 5 aromatic rings. The number of carbonyl (C=O) groups is 4. The van der Waals surface area contributed by atoms with E-state index in [2.05, 4.69) is 20.9 Å². The van der Waals surface area contributed by atoms with Gasteiger partial charge in [0.1, 0.15) is 5.70 Å². The maximum absolute atomic E-state index is 13.6. The number of H-pyrrole nitrogens is 1. The first kappa shape index (κ1) is 30.8. The molecule has 1 atom stereocenters. The Labute approximate surface area is 264 Å². The molecule has 4 amide bonds. The molecule has 0 aliphatic rings. The standard InChI is InChI=1S/C35H31N5O4S/c1-2-31(35(44)38-25-17-15-22(16-18-25)32(36)41)45-27-12-8-11-26(20-27)39-34(43)30(40-33(42)23-9-4-3-5-10-23)19-24-21-37-29-14-7-6-13-28(24)29/h3-21,31,37H,2H2,1H3,(H2,36,41)(H,38,44)(H,39,43)(H,40,42)/b30-19-. The number of carbonyl (C=O) groups excluding carboxylic acids is 4. The summed E-state index contributed by atoms with van der Waals surface area (Å²) in [6.07, 6.45) is 3.97. The molecule has 1 heterocycles. The molecule has 0 radical (unpaired) electrons. The van der Waals surface area contributed by atoms with Gasteiger partial charge >= 0.3 is 0 Å². The lowest BCUT2D eigenvalue weighted by atomic mass is 10.1. The summed E-state index contributed by atoms with van der Waals surface area (Å²) < 4.78 is 0. The minimum atomic E-state index is -0.541. The first-order chi connectivity index (χ1) is 21.8. The number of amides is 4. The summed E-state index contributed by atoms with van der Waals surface area (Å²) in [7, 11) is 0. The van der Waals surface area contributed by atoms with Crippen LogP contribution in [0.1, 0.15) is 39.6 Å². The lowest BCUT2D eigenvalue weighted by Gasteiger charge is -2.16. The normalized spacial score (nSPS) is 11.9. The van der Waals surface area contributed by atoms with Crippen LogP contribution in [-0.4, -0.2) is 33.9 Å². The number of hydrogen-bond donors (Lipinski definition) is 5. The van der Waals surface area contributed by atoms with Crippen molar-refractivity contribution in [3.8, 4) is 0 Å². The highest BCUT2D eigenvalue weighted by Gasteiger charge is 2.20. The predicted octanol–water partition coefficient (Wildman–Crippen LogP) is 6.19. The van der Waals surface area contributed by atoms with Crippen LogP contribution in [0.15, 0.2) is 120 Å². The molecular weight excluding hydrogens is 586 g/mol. The average molecular weight is 618 g/mol. The van der Waals surface area contributed by atoms with Crippen molar-refractivity contribution >= 4 is 63.7 Å². The molecule has 0 bridgehead atoms. The molecule has 0 aliphatic heterocycles. The molecule has 226 valence electrons. The van der Waals surface area contributed by atoms with Crippen LogP contribution >= 0.6 is 11.8 Å². The number of nitrogens with two attached hydrogens (primary N) is 1. The van der Waals surface area contributed by atoms with Gasteiger partial charge in [-0.2, -0.15) is 0 Å². The SMILES string of the molecule is CCC(Sc1cccc(NC(=O)/C(=C/c2c[nH]c3ccccc23)NC(=O)c2ccccc2)c1)C(=O)Nc1ccc(C(N)=O)cc1. The van der Waals surface area contributed by atoms with Gasteiger partial charge in [-0.15, -0.1) is 11.8 Å². The first-order valence-corrected chi connectivity index (χ1v) is 15.1. The monoisotopic (exact) mass is 617 g/mol. The first-order valence-electron chi connectivity index (χ1n) is 14.2. The Balaban J connectivity index is 1.32. The molecule has 1 aromatic heterocycles. The number of anilines is 2. The fourth-order valence-corrected chi connectivity index (χ4v) is 5.60. The molecule has 0 aliphatic carbocycles. The van der Waals surface area contributed by atoms with Gasteiger partial charge in [0.25, 0.3) is 11.8 Å². The number of benzene rings is 4. The lowest BCUT2D eigenvalue weighted by molar-refractivity contribution is -0.116. The zero-order chi connectivity index (χ0) is 31.8. The summed E-state index contributed by atoms with van der Waals surface area (Å²) in [5.41, 5.74) is 8.84. The Hall–Kier alpha value is -5.61. The van der Waals surface area contributed by atoms with Gasteiger partial charge in [-0.1, -0.05) is 49.4 Å². The van der Waals surface area contributed by atoms with Crippen molar-refractivity contribution in [2.75, 3.05) is 10.6 Å². The Kier molecular flexibility index (Phi) is 9.76. The van der Waals surface area contributed by atoms with Gasteiger partial charge < -0.3 is 26.7 Å². The minimum Gasteiger partial charge on any atom is -0.366 e. The molecule has 4 aromatic carbocycles. The number of para-hydroxylation sites is 1. The van der Waals surface area contributed by atoms with E-state index in [0.717, 1.165) is 21.4 Å². The Morgan fingerprint density at radius 2 is 1.56 bits per heavy atom. The number of thioether (sulfide) groups is 1. The van der Waals surface area contributed by atoms with Crippen molar-refractivity contribution in [2.45, 2.75) is 23.5 Å². The molecule has 6 N–H and O–H groups in total. The molecule has 10 heteroatoms. The van der Waals surface area contributed by atoms with E-state index >= 15 is 0 Å². The third-order valence-corrected chi connectivity index (χ3v) is 8.28. The van der Waals surface area contributed by atoms with Gasteiger partial charge in [-0.25, -0.2) is 0 Å². The van der Waals surface area contributed by atoms with Crippen molar-refractivity contribution in [1.82, 2.24) is 10.3 Å². The highest BCUT2D eigenvalue weighted by molar-refractivity contribution is 8.00. The molecule has 0 saturated heterocycles. The van der Waals surface area contributed by atoms with Crippen molar-refractivity contribution < 1.29 is 19.2 Å². The smallest absolute Gasteiger partial charge is 0.272 e. The van der Waals surface area contributed by atoms with E-state index in [-0.39, 0.29) is 11.6 Å². The summed E-state index contributed by atoms with van der Waals surface area (Å²) in [4.78, 5) is 55.0.